The molecule has 1 fully saturated rings. The molecular weight excluding hydrogens is 154 g/mol. The van der Waals surface area contributed by atoms with Crippen molar-refractivity contribution in [1.82, 2.24) is 4.90 Å². The van der Waals surface area contributed by atoms with Crippen LogP contribution in [0.1, 0.15) is 20.3 Å². The summed E-state index contributed by atoms with van der Waals surface area (Å²) in [4.78, 5) is 2.18. The SMILES string of the molecule is CC(C)C1(O)CN(CCCO)C1. The van der Waals surface area contributed by atoms with E-state index in [0.29, 0.717) is 5.92 Å². The number of aliphatic hydroxyl groups excluding tert-OH is 1. The van der Waals surface area contributed by atoms with Gasteiger partial charge in [-0.15, -0.1) is 0 Å². The molecule has 0 unspecified atom stereocenters. The first-order valence-electron chi connectivity index (χ1n) is 4.64. The van der Waals surface area contributed by atoms with Crippen LogP contribution in [0.5, 0.6) is 0 Å². The van der Waals surface area contributed by atoms with Crippen LogP contribution in [0.3, 0.4) is 0 Å². The van der Waals surface area contributed by atoms with E-state index in [1.807, 2.05) is 13.8 Å². The molecule has 1 aliphatic rings. The zero-order valence-corrected chi connectivity index (χ0v) is 7.95. The topological polar surface area (TPSA) is 43.7 Å². The molecule has 0 spiro atoms. The zero-order valence-electron chi connectivity index (χ0n) is 7.95. The molecule has 1 rings (SSSR count). The summed E-state index contributed by atoms with van der Waals surface area (Å²) >= 11 is 0. The van der Waals surface area contributed by atoms with Crippen LogP contribution in [0, 0.1) is 5.92 Å². The van der Waals surface area contributed by atoms with E-state index in [-0.39, 0.29) is 6.61 Å². The maximum atomic E-state index is 9.85. The Morgan fingerprint density at radius 1 is 1.42 bits per heavy atom. The molecule has 3 nitrogen and oxygen atoms in total. The fourth-order valence-electron chi connectivity index (χ4n) is 1.55. The molecule has 0 atom stereocenters. The Morgan fingerprint density at radius 2 is 2.00 bits per heavy atom. The van der Waals surface area contributed by atoms with Gasteiger partial charge in [-0.25, -0.2) is 0 Å². The Balaban J connectivity index is 2.18. The largest absolute Gasteiger partial charge is 0.396 e. The number of hydrogen-bond donors (Lipinski definition) is 2. The lowest BCUT2D eigenvalue weighted by atomic mass is 9.83. The van der Waals surface area contributed by atoms with Gasteiger partial charge in [0.25, 0.3) is 0 Å². The maximum absolute atomic E-state index is 9.85. The number of aliphatic hydroxyl groups is 2. The van der Waals surface area contributed by atoms with Crippen molar-refractivity contribution in [3.8, 4) is 0 Å². The molecule has 0 aromatic heterocycles. The summed E-state index contributed by atoms with van der Waals surface area (Å²) in [5.74, 6) is 0.336. The van der Waals surface area contributed by atoms with Gasteiger partial charge in [0.05, 0.1) is 5.60 Å². The molecule has 0 aromatic carbocycles. The summed E-state index contributed by atoms with van der Waals surface area (Å²) in [7, 11) is 0. The second kappa shape index (κ2) is 3.73. The van der Waals surface area contributed by atoms with E-state index in [4.69, 9.17) is 5.11 Å². The predicted molar refractivity (Wildman–Crippen MR) is 47.9 cm³/mol. The average molecular weight is 173 g/mol. The molecule has 0 bridgehead atoms. The fourth-order valence-corrected chi connectivity index (χ4v) is 1.55. The van der Waals surface area contributed by atoms with E-state index >= 15 is 0 Å². The van der Waals surface area contributed by atoms with Gasteiger partial charge in [-0.05, 0) is 12.3 Å². The number of β-amino-alcohol motifs (C(OH)–C–C–N with tert-alkyl or cyclic N) is 1. The van der Waals surface area contributed by atoms with Crippen molar-refractivity contribution in [3.05, 3.63) is 0 Å². The molecule has 3 heteroatoms. The van der Waals surface area contributed by atoms with Gasteiger partial charge in [-0.1, -0.05) is 13.8 Å². The Hall–Kier alpha value is -0.120. The molecule has 2 N–H and O–H groups in total. The van der Waals surface area contributed by atoms with Gasteiger partial charge in [0.2, 0.25) is 0 Å². The summed E-state index contributed by atoms with van der Waals surface area (Å²) in [5.41, 5.74) is -0.463. The molecule has 0 amide bonds. The van der Waals surface area contributed by atoms with E-state index < -0.39 is 5.60 Å². The molecule has 0 saturated carbocycles. The Kier molecular flexibility index (Phi) is 3.09. The highest BCUT2D eigenvalue weighted by Gasteiger charge is 2.42. The number of nitrogens with zero attached hydrogens (tertiary/aromatic N) is 1. The lowest BCUT2D eigenvalue weighted by Crippen LogP contribution is -2.64. The van der Waals surface area contributed by atoms with Gasteiger partial charge in [-0.2, -0.15) is 0 Å². The Morgan fingerprint density at radius 3 is 2.42 bits per heavy atom. The second-order valence-electron chi connectivity index (χ2n) is 4.05. The van der Waals surface area contributed by atoms with Crippen molar-refractivity contribution >= 4 is 0 Å². The van der Waals surface area contributed by atoms with Crippen LogP contribution in [0.4, 0.5) is 0 Å². The number of rotatable bonds is 4. The third kappa shape index (κ3) is 1.97. The van der Waals surface area contributed by atoms with Crippen LogP contribution in [-0.2, 0) is 0 Å². The second-order valence-corrected chi connectivity index (χ2v) is 4.05. The maximum Gasteiger partial charge on any atom is 0.0922 e. The van der Waals surface area contributed by atoms with E-state index in [9.17, 15) is 5.11 Å². The normalized spacial score (nSPS) is 22.8. The number of hydrogen-bond acceptors (Lipinski definition) is 3. The van der Waals surface area contributed by atoms with Crippen LogP contribution < -0.4 is 0 Å². The summed E-state index contributed by atoms with van der Waals surface area (Å²) in [5, 5.41) is 18.4. The minimum absolute atomic E-state index is 0.247. The molecule has 1 aliphatic heterocycles. The first kappa shape index (κ1) is 9.96. The Labute approximate surface area is 74.0 Å². The van der Waals surface area contributed by atoms with Crippen molar-refractivity contribution in [3.63, 3.8) is 0 Å². The van der Waals surface area contributed by atoms with Gasteiger partial charge >= 0.3 is 0 Å². The third-order valence-corrected chi connectivity index (χ3v) is 2.70. The van der Waals surface area contributed by atoms with Crippen LogP contribution in [0.25, 0.3) is 0 Å². The van der Waals surface area contributed by atoms with Gasteiger partial charge < -0.3 is 10.2 Å². The summed E-state index contributed by atoms with van der Waals surface area (Å²) in [6, 6.07) is 0. The molecule has 0 aromatic rings. The zero-order chi connectivity index (χ0) is 9.19. The predicted octanol–water partition coefficient (Wildman–Crippen LogP) is 0.0715. The average Bonchev–Trinajstić information content (AvgIpc) is 1.95. The van der Waals surface area contributed by atoms with Crippen LogP contribution in [-0.4, -0.2) is 47.0 Å². The van der Waals surface area contributed by atoms with Crippen LogP contribution >= 0.6 is 0 Å². The fraction of sp³-hybridized carbons (Fsp3) is 1.00. The van der Waals surface area contributed by atoms with Gasteiger partial charge in [0.1, 0.15) is 0 Å². The monoisotopic (exact) mass is 173 g/mol. The van der Waals surface area contributed by atoms with Crippen LogP contribution in [0.15, 0.2) is 0 Å². The highest BCUT2D eigenvalue weighted by molar-refractivity contribution is 4.97. The van der Waals surface area contributed by atoms with E-state index in [1.54, 1.807) is 0 Å². The molecular formula is C9H19NO2. The minimum Gasteiger partial charge on any atom is -0.396 e. The van der Waals surface area contributed by atoms with Crippen molar-refractivity contribution in [2.75, 3.05) is 26.2 Å². The standard InChI is InChI=1S/C9H19NO2/c1-8(2)9(12)6-10(7-9)4-3-5-11/h8,11-12H,3-7H2,1-2H3. The van der Waals surface area contributed by atoms with E-state index in [2.05, 4.69) is 4.90 Å². The van der Waals surface area contributed by atoms with Gasteiger partial charge in [-0.3, -0.25) is 4.90 Å². The highest BCUT2D eigenvalue weighted by atomic mass is 16.3. The first-order chi connectivity index (χ1) is 5.58. The van der Waals surface area contributed by atoms with Crippen molar-refractivity contribution in [2.45, 2.75) is 25.9 Å². The lowest BCUT2D eigenvalue weighted by Gasteiger charge is -2.49. The Bertz CT molecular complexity index is 141. The molecule has 1 heterocycles. The first-order valence-corrected chi connectivity index (χ1v) is 4.64. The molecule has 1 saturated heterocycles. The molecule has 0 aliphatic carbocycles. The van der Waals surface area contributed by atoms with Gasteiger partial charge in [0, 0.05) is 26.2 Å². The highest BCUT2D eigenvalue weighted by Crippen LogP contribution is 2.28. The summed E-state index contributed by atoms with van der Waals surface area (Å²) < 4.78 is 0. The van der Waals surface area contributed by atoms with E-state index in [1.165, 1.54) is 0 Å². The summed E-state index contributed by atoms with van der Waals surface area (Å²) in [6.07, 6.45) is 0.814. The van der Waals surface area contributed by atoms with Crippen LogP contribution in [0.2, 0.25) is 0 Å². The molecule has 0 radical (unpaired) electrons. The van der Waals surface area contributed by atoms with Crippen molar-refractivity contribution in [1.29, 1.82) is 0 Å². The number of likely N-dealkylation sites (tertiary alicyclic amines) is 1. The minimum atomic E-state index is -0.463. The lowest BCUT2D eigenvalue weighted by molar-refractivity contribution is -0.128. The van der Waals surface area contributed by atoms with Crippen molar-refractivity contribution in [2.24, 2.45) is 5.92 Å². The summed E-state index contributed by atoms with van der Waals surface area (Å²) in [6.45, 7) is 6.78. The van der Waals surface area contributed by atoms with Gasteiger partial charge in [0.15, 0.2) is 0 Å². The molecule has 12 heavy (non-hydrogen) atoms. The van der Waals surface area contributed by atoms with E-state index in [0.717, 1.165) is 26.1 Å². The quantitative estimate of drug-likeness (QED) is 0.632. The smallest absolute Gasteiger partial charge is 0.0922 e. The van der Waals surface area contributed by atoms with Crippen molar-refractivity contribution < 1.29 is 10.2 Å². The third-order valence-electron chi connectivity index (χ3n) is 2.70. The molecule has 72 valence electrons.